The van der Waals surface area contributed by atoms with Gasteiger partial charge in [0, 0.05) is 31.9 Å². The maximum atomic E-state index is 8.83. The lowest BCUT2D eigenvalue weighted by atomic mass is 10.3. The molecule has 0 bridgehead atoms. The van der Waals surface area contributed by atoms with Crippen molar-refractivity contribution in [2.45, 2.75) is 26.8 Å². The van der Waals surface area contributed by atoms with E-state index in [4.69, 9.17) is 10.8 Å². The maximum absolute atomic E-state index is 8.83. The van der Waals surface area contributed by atoms with Crippen molar-refractivity contribution in [1.29, 1.82) is 0 Å². The zero-order chi connectivity index (χ0) is 12.0. The molecule has 0 amide bonds. The van der Waals surface area contributed by atoms with Gasteiger partial charge in [-0.15, -0.1) is 0 Å². The quantitative estimate of drug-likeness (QED) is 0.734. The number of rotatable bonds is 6. The van der Waals surface area contributed by atoms with Gasteiger partial charge in [-0.25, -0.2) is 9.97 Å². The van der Waals surface area contributed by atoms with Crippen molar-refractivity contribution in [3.8, 4) is 0 Å². The Labute approximate surface area is 96.3 Å². The predicted octanol–water partition coefficient (Wildman–Crippen LogP) is 0.452. The Hall–Kier alpha value is -1.20. The zero-order valence-corrected chi connectivity index (χ0v) is 9.98. The Morgan fingerprint density at radius 1 is 1.44 bits per heavy atom. The number of hydrogen-bond acceptors (Lipinski definition) is 5. The second-order valence-electron chi connectivity index (χ2n) is 3.66. The zero-order valence-electron chi connectivity index (χ0n) is 9.98. The van der Waals surface area contributed by atoms with E-state index in [9.17, 15) is 0 Å². The summed E-state index contributed by atoms with van der Waals surface area (Å²) in [6.07, 6.45) is 0.725. The summed E-state index contributed by atoms with van der Waals surface area (Å²) in [4.78, 5) is 10.8. The molecule has 90 valence electrons. The largest absolute Gasteiger partial charge is 0.396 e. The molecular weight excluding hydrogens is 204 g/mol. The summed E-state index contributed by atoms with van der Waals surface area (Å²) in [5.41, 5.74) is 7.36. The van der Waals surface area contributed by atoms with Crippen molar-refractivity contribution in [2.24, 2.45) is 5.73 Å². The number of aromatic nitrogens is 2. The summed E-state index contributed by atoms with van der Waals surface area (Å²) in [5.74, 6) is 0.705. The first-order chi connectivity index (χ1) is 7.71. The van der Waals surface area contributed by atoms with Crippen LogP contribution in [-0.4, -0.2) is 34.8 Å². The highest BCUT2D eigenvalue weighted by Gasteiger charge is 2.08. The molecule has 3 N–H and O–H groups in total. The molecule has 5 heteroatoms. The van der Waals surface area contributed by atoms with Crippen molar-refractivity contribution in [1.82, 2.24) is 9.97 Å². The van der Waals surface area contributed by atoms with Crippen molar-refractivity contribution < 1.29 is 5.11 Å². The monoisotopic (exact) mass is 224 g/mol. The number of aliphatic hydroxyl groups excluding tert-OH is 1. The lowest BCUT2D eigenvalue weighted by Gasteiger charge is -2.21. The van der Waals surface area contributed by atoms with E-state index < -0.39 is 0 Å². The Balaban J connectivity index is 2.86. The molecule has 0 aliphatic heterocycles. The van der Waals surface area contributed by atoms with Crippen molar-refractivity contribution in [3.63, 3.8) is 0 Å². The van der Waals surface area contributed by atoms with Crippen LogP contribution in [0, 0.1) is 6.92 Å². The van der Waals surface area contributed by atoms with Gasteiger partial charge in [-0.05, 0) is 26.3 Å². The third-order valence-corrected chi connectivity index (χ3v) is 2.36. The van der Waals surface area contributed by atoms with Gasteiger partial charge < -0.3 is 15.7 Å². The first kappa shape index (κ1) is 12.9. The summed E-state index contributed by atoms with van der Waals surface area (Å²) in [6.45, 7) is 6.18. The molecule has 0 aliphatic rings. The number of aryl methyl sites for hydroxylation is 1. The van der Waals surface area contributed by atoms with Crippen LogP contribution in [0.5, 0.6) is 0 Å². The van der Waals surface area contributed by atoms with Gasteiger partial charge in [-0.3, -0.25) is 0 Å². The van der Waals surface area contributed by atoms with E-state index in [-0.39, 0.29) is 6.61 Å². The topological polar surface area (TPSA) is 75.3 Å². The van der Waals surface area contributed by atoms with E-state index in [1.807, 2.05) is 24.8 Å². The van der Waals surface area contributed by atoms with Gasteiger partial charge in [-0.1, -0.05) is 0 Å². The Morgan fingerprint density at radius 2 is 2.19 bits per heavy atom. The molecule has 0 aliphatic carbocycles. The minimum atomic E-state index is 0.187. The van der Waals surface area contributed by atoms with Crippen molar-refractivity contribution in [2.75, 3.05) is 24.6 Å². The second-order valence-corrected chi connectivity index (χ2v) is 3.66. The van der Waals surface area contributed by atoms with Gasteiger partial charge in [0.15, 0.2) is 0 Å². The van der Waals surface area contributed by atoms with Crippen LogP contribution in [0.25, 0.3) is 0 Å². The van der Waals surface area contributed by atoms with E-state index in [0.29, 0.717) is 12.5 Å². The van der Waals surface area contributed by atoms with Gasteiger partial charge in [0.2, 0.25) is 5.95 Å². The summed E-state index contributed by atoms with van der Waals surface area (Å²) in [5, 5.41) is 8.83. The van der Waals surface area contributed by atoms with Gasteiger partial charge in [0.25, 0.3) is 0 Å². The molecule has 1 heterocycles. The van der Waals surface area contributed by atoms with Crippen LogP contribution in [-0.2, 0) is 6.54 Å². The molecule has 0 radical (unpaired) electrons. The molecule has 0 fully saturated rings. The summed E-state index contributed by atoms with van der Waals surface area (Å²) < 4.78 is 0. The van der Waals surface area contributed by atoms with Gasteiger partial charge >= 0.3 is 0 Å². The number of nitrogens with two attached hydrogens (primary N) is 1. The molecule has 5 nitrogen and oxygen atoms in total. The van der Waals surface area contributed by atoms with Gasteiger partial charge in [0.1, 0.15) is 0 Å². The lowest BCUT2D eigenvalue weighted by Crippen LogP contribution is -2.27. The van der Waals surface area contributed by atoms with Gasteiger partial charge in [0.05, 0.1) is 5.69 Å². The van der Waals surface area contributed by atoms with Crippen molar-refractivity contribution in [3.05, 3.63) is 17.5 Å². The average Bonchev–Trinajstić information content (AvgIpc) is 2.29. The maximum Gasteiger partial charge on any atom is 0.225 e. The Bertz CT molecular complexity index is 330. The van der Waals surface area contributed by atoms with Crippen LogP contribution in [0.2, 0.25) is 0 Å². The van der Waals surface area contributed by atoms with Crippen molar-refractivity contribution >= 4 is 5.95 Å². The van der Waals surface area contributed by atoms with Crippen LogP contribution in [0.4, 0.5) is 5.95 Å². The fourth-order valence-corrected chi connectivity index (χ4v) is 1.52. The lowest BCUT2D eigenvalue weighted by molar-refractivity contribution is 0.289. The van der Waals surface area contributed by atoms with E-state index in [0.717, 1.165) is 30.9 Å². The summed E-state index contributed by atoms with van der Waals surface area (Å²) in [6, 6.07) is 1.89. The molecule has 1 rings (SSSR count). The Kier molecular flexibility index (Phi) is 5.14. The number of nitrogens with zero attached hydrogens (tertiary/aromatic N) is 3. The number of aliphatic hydroxyl groups is 1. The molecule has 0 unspecified atom stereocenters. The van der Waals surface area contributed by atoms with Crippen LogP contribution in [0.3, 0.4) is 0 Å². The van der Waals surface area contributed by atoms with Crippen LogP contribution >= 0.6 is 0 Å². The fraction of sp³-hybridized carbons (Fsp3) is 0.636. The molecule has 0 spiro atoms. The molecule has 16 heavy (non-hydrogen) atoms. The average molecular weight is 224 g/mol. The van der Waals surface area contributed by atoms with E-state index in [1.54, 1.807) is 0 Å². The van der Waals surface area contributed by atoms with Crippen LogP contribution < -0.4 is 10.6 Å². The normalized spacial score (nSPS) is 10.5. The minimum Gasteiger partial charge on any atom is -0.396 e. The predicted molar refractivity (Wildman–Crippen MR) is 64.3 cm³/mol. The highest BCUT2D eigenvalue weighted by molar-refractivity contribution is 5.32. The standard InChI is InChI=1S/C11H20N4O/c1-3-15(5-4-6-16)11-13-9(2)7-10(8-12)14-11/h7,16H,3-6,8,12H2,1-2H3. The Morgan fingerprint density at radius 3 is 2.75 bits per heavy atom. The smallest absolute Gasteiger partial charge is 0.225 e. The number of anilines is 1. The third-order valence-electron chi connectivity index (χ3n) is 2.36. The molecule has 1 aromatic rings. The minimum absolute atomic E-state index is 0.187. The summed E-state index contributed by atoms with van der Waals surface area (Å²) >= 11 is 0. The SMILES string of the molecule is CCN(CCCO)c1nc(C)cc(CN)n1. The van der Waals surface area contributed by atoms with Gasteiger partial charge in [-0.2, -0.15) is 0 Å². The summed E-state index contributed by atoms with van der Waals surface area (Å²) in [7, 11) is 0. The first-order valence-corrected chi connectivity index (χ1v) is 5.61. The first-order valence-electron chi connectivity index (χ1n) is 5.61. The van der Waals surface area contributed by atoms with E-state index >= 15 is 0 Å². The second kappa shape index (κ2) is 6.40. The third kappa shape index (κ3) is 3.43. The molecule has 0 saturated heterocycles. The van der Waals surface area contributed by atoms with E-state index in [2.05, 4.69) is 9.97 Å². The molecular formula is C11H20N4O. The molecule has 0 saturated carbocycles. The molecule has 1 aromatic heterocycles. The van der Waals surface area contributed by atoms with E-state index in [1.165, 1.54) is 0 Å². The molecule has 0 aromatic carbocycles. The van der Waals surface area contributed by atoms with Crippen LogP contribution in [0.1, 0.15) is 24.7 Å². The van der Waals surface area contributed by atoms with Crippen LogP contribution in [0.15, 0.2) is 6.07 Å². The number of hydrogen-bond donors (Lipinski definition) is 2. The highest BCUT2D eigenvalue weighted by atomic mass is 16.3. The fourth-order valence-electron chi connectivity index (χ4n) is 1.52. The molecule has 0 atom stereocenters. The highest BCUT2D eigenvalue weighted by Crippen LogP contribution is 2.10.